The number of carbonyl (C=O) groups excluding carboxylic acids is 6. The molecule has 2 atom stereocenters. The molecular formula is C29H38N6O8. The van der Waals surface area contributed by atoms with Crippen LogP contribution in [-0.2, 0) is 41.9 Å². The fourth-order valence-electron chi connectivity index (χ4n) is 3.59. The summed E-state index contributed by atoms with van der Waals surface area (Å²) >= 11 is 0. The highest BCUT2D eigenvalue weighted by atomic mass is 16.6. The first kappa shape index (κ1) is 34.1. The fraction of sp³-hybridized carbons (Fsp3) is 0.379. The number of amides is 6. The van der Waals surface area contributed by atoms with Crippen LogP contribution in [0.3, 0.4) is 0 Å². The fourth-order valence-corrected chi connectivity index (χ4v) is 3.59. The van der Waals surface area contributed by atoms with Crippen molar-refractivity contribution >= 4 is 35.8 Å². The summed E-state index contributed by atoms with van der Waals surface area (Å²) in [5.74, 6) is -2.71. The summed E-state index contributed by atoms with van der Waals surface area (Å²) < 4.78 is 10.2. The quantitative estimate of drug-likeness (QED) is 0.142. The van der Waals surface area contributed by atoms with Crippen LogP contribution in [-0.4, -0.2) is 67.5 Å². The number of alkyl carbamates (subject to hydrolysis) is 2. The largest absolute Gasteiger partial charge is 0.445 e. The Morgan fingerprint density at radius 2 is 1.26 bits per heavy atom. The Morgan fingerprint density at radius 3 is 1.81 bits per heavy atom. The summed E-state index contributed by atoms with van der Waals surface area (Å²) in [6, 6.07) is 16.1. The minimum Gasteiger partial charge on any atom is -0.445 e. The lowest BCUT2D eigenvalue weighted by Crippen LogP contribution is -2.54. The Kier molecular flexibility index (Phi) is 15.1. The van der Waals surface area contributed by atoms with E-state index in [9.17, 15) is 28.8 Å². The number of primary amides is 1. The summed E-state index contributed by atoms with van der Waals surface area (Å²) in [5.41, 5.74) is 6.72. The summed E-state index contributed by atoms with van der Waals surface area (Å²) in [4.78, 5) is 72.4. The van der Waals surface area contributed by atoms with E-state index in [1.807, 2.05) is 36.4 Å². The molecule has 2 aromatic carbocycles. The van der Waals surface area contributed by atoms with Gasteiger partial charge in [-0.1, -0.05) is 60.7 Å². The van der Waals surface area contributed by atoms with Crippen molar-refractivity contribution in [3.05, 3.63) is 71.8 Å². The van der Waals surface area contributed by atoms with E-state index < -0.39 is 61.0 Å². The molecule has 0 fully saturated rings. The van der Waals surface area contributed by atoms with Crippen molar-refractivity contribution in [1.82, 2.24) is 26.6 Å². The maximum atomic E-state index is 12.7. The van der Waals surface area contributed by atoms with Crippen LogP contribution >= 0.6 is 0 Å². The van der Waals surface area contributed by atoms with Crippen LogP contribution in [0.1, 0.15) is 37.3 Å². The highest BCUT2D eigenvalue weighted by Crippen LogP contribution is 2.04. The van der Waals surface area contributed by atoms with Crippen LogP contribution in [0, 0.1) is 0 Å². The Labute approximate surface area is 249 Å². The molecule has 232 valence electrons. The Hall–Kier alpha value is -5.14. The van der Waals surface area contributed by atoms with E-state index in [4.69, 9.17) is 15.2 Å². The molecule has 14 nitrogen and oxygen atoms in total. The third-order valence-corrected chi connectivity index (χ3v) is 5.85. The van der Waals surface area contributed by atoms with Crippen LogP contribution < -0.4 is 32.3 Å². The molecule has 0 aromatic heterocycles. The first-order valence-corrected chi connectivity index (χ1v) is 13.7. The monoisotopic (exact) mass is 598 g/mol. The van der Waals surface area contributed by atoms with Gasteiger partial charge in [0.25, 0.3) is 0 Å². The van der Waals surface area contributed by atoms with E-state index in [0.717, 1.165) is 11.1 Å². The van der Waals surface area contributed by atoms with Gasteiger partial charge in [0.15, 0.2) is 0 Å². The number of unbranched alkanes of at least 4 members (excludes halogenated alkanes) is 1. The second-order valence-electron chi connectivity index (χ2n) is 9.43. The van der Waals surface area contributed by atoms with Gasteiger partial charge in [0.05, 0.1) is 6.54 Å². The molecule has 0 aliphatic carbocycles. The van der Waals surface area contributed by atoms with E-state index in [-0.39, 0.29) is 26.2 Å². The van der Waals surface area contributed by atoms with Crippen LogP contribution in [0.5, 0.6) is 0 Å². The summed E-state index contributed by atoms with van der Waals surface area (Å²) in [7, 11) is 0. The molecule has 0 spiro atoms. The lowest BCUT2D eigenvalue weighted by Gasteiger charge is -2.21. The number of ether oxygens (including phenoxy) is 2. The average molecular weight is 599 g/mol. The lowest BCUT2D eigenvalue weighted by atomic mass is 10.1. The molecule has 14 heteroatoms. The smallest absolute Gasteiger partial charge is 0.407 e. The molecule has 0 saturated heterocycles. The van der Waals surface area contributed by atoms with Gasteiger partial charge < -0.3 is 41.8 Å². The van der Waals surface area contributed by atoms with Crippen LogP contribution in [0.25, 0.3) is 0 Å². The highest BCUT2D eigenvalue weighted by molar-refractivity contribution is 5.93. The standard InChI is InChI=1S/C29H38N6O8/c1-20(34-25(37)17-33-29(41)43-19-22-12-6-3-7-13-22)26(38)35-23(27(39)32-16-24(30)36)14-8-9-15-31-28(40)42-18-21-10-4-2-5-11-21/h2-7,10-13,20,23H,8-9,14-19H2,1H3,(H2,30,36)(H,31,40)(H,32,39)(H,33,41)(H,34,37)(H,35,38)/t20-,23?/m0/s1. The van der Waals surface area contributed by atoms with E-state index in [1.54, 1.807) is 24.3 Å². The van der Waals surface area contributed by atoms with Gasteiger partial charge in [-0.3, -0.25) is 19.2 Å². The molecule has 0 radical (unpaired) electrons. The number of nitrogens with two attached hydrogens (primary N) is 1. The van der Waals surface area contributed by atoms with Gasteiger partial charge in [0, 0.05) is 6.54 Å². The second-order valence-corrected chi connectivity index (χ2v) is 9.43. The van der Waals surface area contributed by atoms with Crippen molar-refractivity contribution in [2.24, 2.45) is 5.73 Å². The third kappa shape index (κ3) is 14.9. The number of rotatable bonds is 17. The zero-order valence-electron chi connectivity index (χ0n) is 23.9. The molecule has 7 N–H and O–H groups in total. The topological polar surface area (TPSA) is 207 Å². The molecule has 0 saturated carbocycles. The van der Waals surface area contributed by atoms with Gasteiger partial charge in [0.1, 0.15) is 31.8 Å². The Morgan fingerprint density at radius 1 is 0.698 bits per heavy atom. The predicted molar refractivity (Wildman–Crippen MR) is 155 cm³/mol. The van der Waals surface area contributed by atoms with Crippen molar-refractivity contribution < 1.29 is 38.2 Å². The SMILES string of the molecule is C[C@H](NC(=O)CNC(=O)OCc1ccccc1)C(=O)NC(CCCCNC(=O)OCc1ccccc1)C(=O)NCC(N)=O. The maximum Gasteiger partial charge on any atom is 0.407 e. The van der Waals surface area contributed by atoms with Crippen LogP contribution in [0.15, 0.2) is 60.7 Å². The number of carbonyl (C=O) groups is 6. The van der Waals surface area contributed by atoms with Crippen LogP contribution in [0.2, 0.25) is 0 Å². The van der Waals surface area contributed by atoms with Crippen molar-refractivity contribution in [3.63, 3.8) is 0 Å². The zero-order chi connectivity index (χ0) is 31.5. The maximum absolute atomic E-state index is 12.7. The van der Waals surface area contributed by atoms with E-state index in [2.05, 4.69) is 26.6 Å². The second kappa shape index (κ2) is 19.1. The summed E-state index contributed by atoms with van der Waals surface area (Å²) in [6.45, 7) is 0.978. The van der Waals surface area contributed by atoms with Gasteiger partial charge in [0.2, 0.25) is 23.6 Å². The van der Waals surface area contributed by atoms with E-state index in [1.165, 1.54) is 6.92 Å². The van der Waals surface area contributed by atoms with Gasteiger partial charge in [-0.15, -0.1) is 0 Å². The molecule has 0 aliphatic rings. The van der Waals surface area contributed by atoms with Crippen molar-refractivity contribution in [1.29, 1.82) is 0 Å². The van der Waals surface area contributed by atoms with Crippen molar-refractivity contribution in [2.75, 3.05) is 19.6 Å². The number of nitrogens with one attached hydrogen (secondary N) is 5. The molecular weight excluding hydrogens is 560 g/mol. The zero-order valence-corrected chi connectivity index (χ0v) is 23.9. The highest BCUT2D eigenvalue weighted by Gasteiger charge is 2.24. The van der Waals surface area contributed by atoms with Crippen molar-refractivity contribution in [2.45, 2.75) is 51.5 Å². The Balaban J connectivity index is 1.74. The van der Waals surface area contributed by atoms with E-state index in [0.29, 0.717) is 12.8 Å². The number of hydrogen-bond donors (Lipinski definition) is 6. The normalized spacial score (nSPS) is 11.7. The van der Waals surface area contributed by atoms with Crippen molar-refractivity contribution in [3.8, 4) is 0 Å². The first-order chi connectivity index (χ1) is 20.6. The first-order valence-electron chi connectivity index (χ1n) is 13.7. The number of benzene rings is 2. The summed E-state index contributed by atoms with van der Waals surface area (Å²) in [5, 5.41) is 12.2. The Bertz CT molecular complexity index is 1210. The minimum atomic E-state index is -1.05. The van der Waals surface area contributed by atoms with Gasteiger partial charge >= 0.3 is 12.2 Å². The molecule has 2 aromatic rings. The summed E-state index contributed by atoms with van der Waals surface area (Å²) in [6.07, 6.45) is -0.331. The molecule has 0 bridgehead atoms. The minimum absolute atomic E-state index is 0.0285. The average Bonchev–Trinajstić information content (AvgIpc) is 3.00. The van der Waals surface area contributed by atoms with Gasteiger partial charge in [-0.05, 0) is 37.3 Å². The molecule has 43 heavy (non-hydrogen) atoms. The molecule has 0 heterocycles. The molecule has 1 unspecified atom stereocenters. The van der Waals surface area contributed by atoms with Gasteiger partial charge in [-0.25, -0.2) is 9.59 Å². The van der Waals surface area contributed by atoms with Gasteiger partial charge in [-0.2, -0.15) is 0 Å². The van der Waals surface area contributed by atoms with E-state index >= 15 is 0 Å². The molecule has 2 rings (SSSR count). The number of hydrogen-bond acceptors (Lipinski definition) is 8. The molecule has 0 aliphatic heterocycles. The lowest BCUT2D eigenvalue weighted by molar-refractivity contribution is -0.132. The van der Waals surface area contributed by atoms with Crippen LogP contribution in [0.4, 0.5) is 9.59 Å². The predicted octanol–water partition coefficient (Wildman–Crippen LogP) is 0.601. The molecule has 6 amide bonds. The third-order valence-electron chi connectivity index (χ3n) is 5.85.